The zero-order valence-electron chi connectivity index (χ0n) is 9.59. The monoisotopic (exact) mass is 258 g/mol. The molecule has 0 aliphatic carbocycles. The van der Waals surface area contributed by atoms with Gasteiger partial charge in [0.25, 0.3) is 0 Å². The Labute approximate surface area is 102 Å². The number of ether oxygens (including phenoxy) is 1. The molecule has 0 spiro atoms. The van der Waals surface area contributed by atoms with Crippen LogP contribution >= 0.6 is 0 Å². The molecular formula is C10H14N2O6. The van der Waals surface area contributed by atoms with E-state index in [1.54, 1.807) is 0 Å². The molecule has 0 bridgehead atoms. The average Bonchev–Trinajstić information content (AvgIpc) is 2.81. The molecule has 0 amide bonds. The van der Waals surface area contributed by atoms with Crippen LogP contribution in [0.1, 0.15) is 28.5 Å². The number of nitrogens with zero attached hydrogens (tertiary/aromatic N) is 2. The summed E-state index contributed by atoms with van der Waals surface area (Å²) in [5, 5.41) is 38.3. The van der Waals surface area contributed by atoms with E-state index in [1.807, 2.05) is 0 Å². The van der Waals surface area contributed by atoms with Gasteiger partial charge in [-0.1, -0.05) is 0 Å². The lowest BCUT2D eigenvalue weighted by molar-refractivity contribution is -0.108. The van der Waals surface area contributed by atoms with E-state index < -0.39 is 36.9 Å². The van der Waals surface area contributed by atoms with Gasteiger partial charge in [0.2, 0.25) is 0 Å². The number of hydrogen-bond donors (Lipinski definition) is 4. The number of imidazole rings is 1. The molecular weight excluding hydrogens is 244 g/mol. The number of aliphatic hydroxyl groups excluding tert-OH is 4. The van der Waals surface area contributed by atoms with Crippen molar-refractivity contribution in [3.63, 3.8) is 0 Å². The number of hydrogen-bond acceptors (Lipinski definition) is 7. The van der Waals surface area contributed by atoms with Crippen molar-refractivity contribution in [2.75, 3.05) is 13.7 Å². The Hall–Kier alpha value is -1.48. The highest BCUT2D eigenvalue weighted by Gasteiger charge is 2.42. The molecule has 0 aromatic carbocycles. The Morgan fingerprint density at radius 1 is 1.44 bits per heavy atom. The normalized spacial score (nSPS) is 30.9. The van der Waals surface area contributed by atoms with Crippen LogP contribution in [0.3, 0.4) is 0 Å². The molecule has 0 fully saturated rings. The van der Waals surface area contributed by atoms with Crippen molar-refractivity contribution in [3.05, 3.63) is 17.7 Å². The predicted octanol–water partition coefficient (Wildman–Crippen LogP) is -2.03. The minimum absolute atomic E-state index is 0.00671. The first kappa shape index (κ1) is 13.0. The molecule has 1 aromatic heterocycles. The number of rotatable bonds is 2. The van der Waals surface area contributed by atoms with Gasteiger partial charge in [0.05, 0.1) is 19.8 Å². The number of aliphatic hydroxyl groups is 4. The van der Waals surface area contributed by atoms with E-state index in [1.165, 1.54) is 17.9 Å². The second kappa shape index (κ2) is 4.65. The summed E-state index contributed by atoms with van der Waals surface area (Å²) >= 11 is 0. The molecule has 2 rings (SSSR count). The highest BCUT2D eigenvalue weighted by Crippen LogP contribution is 2.32. The first-order chi connectivity index (χ1) is 8.51. The van der Waals surface area contributed by atoms with Gasteiger partial charge in [-0.05, 0) is 0 Å². The van der Waals surface area contributed by atoms with Crippen LogP contribution in [-0.4, -0.2) is 61.9 Å². The Bertz CT molecular complexity index is 459. The summed E-state index contributed by atoms with van der Waals surface area (Å²) in [5.74, 6) is -0.697. The summed E-state index contributed by atoms with van der Waals surface area (Å²) in [6.45, 7) is -0.463. The Morgan fingerprint density at radius 3 is 2.67 bits per heavy atom. The summed E-state index contributed by atoms with van der Waals surface area (Å²) in [7, 11) is 1.18. The summed E-state index contributed by atoms with van der Waals surface area (Å²) in [4.78, 5) is 15.2. The molecule has 0 radical (unpaired) electrons. The summed E-state index contributed by atoms with van der Waals surface area (Å²) in [6.07, 6.45) is -2.98. The number of carbonyl (C=O) groups excluding carboxylic acids is 1. The highest BCUT2D eigenvalue weighted by molar-refractivity contribution is 5.87. The number of aromatic nitrogens is 2. The van der Waals surface area contributed by atoms with E-state index in [2.05, 4.69) is 9.72 Å². The SMILES string of the molecule is COC(=O)c1cn2c(n1)[C@H](O)[C@@H](O)[C@H](O)[C@H]2CO. The minimum atomic E-state index is -1.47. The van der Waals surface area contributed by atoms with Gasteiger partial charge in [-0.25, -0.2) is 9.78 Å². The lowest BCUT2D eigenvalue weighted by Crippen LogP contribution is -2.46. The number of esters is 1. The lowest BCUT2D eigenvalue weighted by Gasteiger charge is -2.35. The van der Waals surface area contributed by atoms with Gasteiger partial charge in [0.15, 0.2) is 5.69 Å². The smallest absolute Gasteiger partial charge is 0.358 e. The first-order valence-electron chi connectivity index (χ1n) is 5.33. The van der Waals surface area contributed by atoms with Gasteiger partial charge >= 0.3 is 5.97 Å². The largest absolute Gasteiger partial charge is 0.464 e. The van der Waals surface area contributed by atoms with Crippen molar-refractivity contribution in [1.29, 1.82) is 0 Å². The quantitative estimate of drug-likeness (QED) is 0.451. The number of methoxy groups -OCH3 is 1. The summed E-state index contributed by atoms with van der Waals surface area (Å²) in [6, 6.07) is -0.871. The Balaban J connectivity index is 2.48. The van der Waals surface area contributed by atoms with Gasteiger partial charge in [0, 0.05) is 6.20 Å². The van der Waals surface area contributed by atoms with E-state index in [-0.39, 0.29) is 11.5 Å². The standard InChI is InChI=1S/C10H14N2O6/c1-18-10(17)4-2-12-5(3-13)6(14)7(15)8(16)9(12)11-4/h2,5-8,13-16H,3H2,1H3/t5-,6-,7+,8-/m1/s1. The minimum Gasteiger partial charge on any atom is -0.464 e. The summed E-state index contributed by atoms with van der Waals surface area (Å²) in [5.41, 5.74) is -0.0636. The molecule has 0 saturated carbocycles. The molecule has 18 heavy (non-hydrogen) atoms. The molecule has 8 nitrogen and oxygen atoms in total. The third kappa shape index (κ3) is 1.79. The van der Waals surface area contributed by atoms with E-state index in [0.29, 0.717) is 0 Å². The lowest BCUT2D eigenvalue weighted by atomic mass is 9.96. The van der Waals surface area contributed by atoms with Gasteiger partial charge < -0.3 is 29.7 Å². The average molecular weight is 258 g/mol. The van der Waals surface area contributed by atoms with Crippen molar-refractivity contribution in [2.24, 2.45) is 0 Å². The van der Waals surface area contributed by atoms with Crippen molar-refractivity contribution < 1.29 is 30.0 Å². The Kier molecular flexibility index (Phi) is 3.35. The van der Waals surface area contributed by atoms with Crippen LogP contribution in [0.25, 0.3) is 0 Å². The maximum atomic E-state index is 11.3. The molecule has 0 unspecified atom stereocenters. The molecule has 8 heteroatoms. The predicted molar refractivity (Wildman–Crippen MR) is 56.7 cm³/mol. The van der Waals surface area contributed by atoms with E-state index in [4.69, 9.17) is 0 Å². The van der Waals surface area contributed by atoms with Gasteiger partial charge in [-0.2, -0.15) is 0 Å². The molecule has 4 N–H and O–H groups in total. The zero-order chi connectivity index (χ0) is 13.4. The van der Waals surface area contributed by atoms with Crippen LogP contribution in [-0.2, 0) is 4.74 Å². The fourth-order valence-corrected chi connectivity index (χ4v) is 2.02. The highest BCUT2D eigenvalue weighted by atomic mass is 16.5. The maximum absolute atomic E-state index is 11.3. The summed E-state index contributed by atoms with van der Waals surface area (Å²) < 4.78 is 5.76. The second-order valence-corrected chi connectivity index (χ2v) is 4.06. The fraction of sp³-hybridized carbons (Fsp3) is 0.600. The van der Waals surface area contributed by atoms with Gasteiger partial charge in [0.1, 0.15) is 24.1 Å². The molecule has 0 saturated heterocycles. The molecule has 100 valence electrons. The van der Waals surface area contributed by atoms with Crippen LogP contribution in [0, 0.1) is 0 Å². The van der Waals surface area contributed by atoms with Crippen LogP contribution < -0.4 is 0 Å². The third-order valence-electron chi connectivity index (χ3n) is 3.03. The van der Waals surface area contributed by atoms with Crippen LogP contribution in [0.4, 0.5) is 0 Å². The van der Waals surface area contributed by atoms with E-state index in [9.17, 15) is 25.2 Å². The van der Waals surface area contributed by atoms with Gasteiger partial charge in [-0.3, -0.25) is 0 Å². The Morgan fingerprint density at radius 2 is 2.11 bits per heavy atom. The van der Waals surface area contributed by atoms with E-state index >= 15 is 0 Å². The molecule has 1 aliphatic rings. The molecule has 1 aromatic rings. The zero-order valence-corrected chi connectivity index (χ0v) is 9.59. The third-order valence-corrected chi connectivity index (χ3v) is 3.03. The van der Waals surface area contributed by atoms with Crippen molar-refractivity contribution in [3.8, 4) is 0 Å². The fourth-order valence-electron chi connectivity index (χ4n) is 2.02. The van der Waals surface area contributed by atoms with Crippen molar-refractivity contribution >= 4 is 5.97 Å². The van der Waals surface area contributed by atoms with Crippen molar-refractivity contribution in [2.45, 2.75) is 24.4 Å². The second-order valence-electron chi connectivity index (χ2n) is 4.06. The van der Waals surface area contributed by atoms with Crippen molar-refractivity contribution in [1.82, 2.24) is 9.55 Å². The van der Waals surface area contributed by atoms with Gasteiger partial charge in [-0.15, -0.1) is 0 Å². The molecule has 1 aliphatic heterocycles. The first-order valence-corrected chi connectivity index (χ1v) is 5.33. The van der Waals surface area contributed by atoms with E-state index in [0.717, 1.165) is 0 Å². The topological polar surface area (TPSA) is 125 Å². The van der Waals surface area contributed by atoms with Crippen LogP contribution in [0.2, 0.25) is 0 Å². The molecule has 2 heterocycles. The number of fused-ring (bicyclic) bond motifs is 1. The molecule has 4 atom stereocenters. The van der Waals surface area contributed by atoms with Crippen LogP contribution in [0.5, 0.6) is 0 Å². The number of carbonyl (C=O) groups is 1. The maximum Gasteiger partial charge on any atom is 0.358 e. The van der Waals surface area contributed by atoms with Crippen LogP contribution in [0.15, 0.2) is 6.20 Å².